The highest BCUT2D eigenvalue weighted by Crippen LogP contribution is 2.31. The Morgan fingerprint density at radius 3 is 2.88 bits per heavy atom. The molecule has 16 heavy (non-hydrogen) atoms. The van der Waals surface area contributed by atoms with Crippen molar-refractivity contribution < 1.29 is 4.74 Å². The third kappa shape index (κ3) is 3.77. The van der Waals surface area contributed by atoms with E-state index in [-0.39, 0.29) is 5.54 Å². The molecule has 0 saturated heterocycles. The summed E-state index contributed by atoms with van der Waals surface area (Å²) < 4.78 is 5.02. The summed E-state index contributed by atoms with van der Waals surface area (Å²) in [6.07, 6.45) is 6.87. The van der Waals surface area contributed by atoms with Crippen molar-refractivity contribution in [3.05, 3.63) is 0 Å². The highest BCUT2D eigenvalue weighted by molar-refractivity contribution is 5.08. The van der Waals surface area contributed by atoms with Gasteiger partial charge in [0.05, 0.1) is 12.7 Å². The molecule has 3 heteroatoms. The van der Waals surface area contributed by atoms with Gasteiger partial charge in [-0.2, -0.15) is 5.26 Å². The van der Waals surface area contributed by atoms with Crippen LogP contribution in [0.3, 0.4) is 0 Å². The number of hydrogen-bond donors (Lipinski definition) is 1. The van der Waals surface area contributed by atoms with E-state index < -0.39 is 0 Å². The van der Waals surface area contributed by atoms with E-state index >= 15 is 0 Å². The maximum Gasteiger partial charge on any atom is 0.106 e. The van der Waals surface area contributed by atoms with E-state index in [1.807, 2.05) is 0 Å². The van der Waals surface area contributed by atoms with Gasteiger partial charge < -0.3 is 4.74 Å². The summed E-state index contributed by atoms with van der Waals surface area (Å²) in [5.74, 6) is 0.819. The normalized spacial score (nSPS) is 30.7. The summed E-state index contributed by atoms with van der Waals surface area (Å²) in [6, 6.07) is 2.49. The standard InChI is InChI=1S/C13H24N2O/c1-3-12-5-4-7-13(11-14,8-6-12)15-9-10-16-2/h12,15H,3-10H2,1-2H3. The van der Waals surface area contributed by atoms with Gasteiger partial charge in [0.1, 0.15) is 5.54 Å². The van der Waals surface area contributed by atoms with Crippen LogP contribution in [0.15, 0.2) is 0 Å². The summed E-state index contributed by atoms with van der Waals surface area (Å²) in [4.78, 5) is 0. The van der Waals surface area contributed by atoms with Crippen LogP contribution in [-0.4, -0.2) is 25.8 Å². The fraction of sp³-hybridized carbons (Fsp3) is 0.923. The molecule has 1 rings (SSSR count). The molecule has 1 aliphatic carbocycles. The molecular weight excluding hydrogens is 200 g/mol. The molecule has 1 fully saturated rings. The van der Waals surface area contributed by atoms with Gasteiger partial charge in [-0.25, -0.2) is 0 Å². The van der Waals surface area contributed by atoms with Gasteiger partial charge in [-0.1, -0.05) is 26.2 Å². The van der Waals surface area contributed by atoms with Crippen LogP contribution < -0.4 is 5.32 Å². The lowest BCUT2D eigenvalue weighted by Gasteiger charge is -2.26. The summed E-state index contributed by atoms with van der Waals surface area (Å²) in [5, 5.41) is 12.8. The van der Waals surface area contributed by atoms with Crippen molar-refractivity contribution in [2.24, 2.45) is 5.92 Å². The molecule has 2 unspecified atom stereocenters. The lowest BCUT2D eigenvalue weighted by Crippen LogP contribution is -2.45. The molecule has 1 N–H and O–H groups in total. The quantitative estimate of drug-likeness (QED) is 0.576. The van der Waals surface area contributed by atoms with Crippen LogP contribution in [0.4, 0.5) is 0 Å². The number of hydrogen-bond acceptors (Lipinski definition) is 3. The second kappa shape index (κ2) is 6.88. The SMILES string of the molecule is CCC1CCCC(C#N)(NCCOC)CC1. The van der Waals surface area contributed by atoms with E-state index in [9.17, 15) is 5.26 Å². The highest BCUT2D eigenvalue weighted by Gasteiger charge is 2.32. The van der Waals surface area contributed by atoms with Crippen LogP contribution in [0, 0.1) is 17.2 Å². The first kappa shape index (κ1) is 13.5. The summed E-state index contributed by atoms with van der Waals surface area (Å²) in [6.45, 7) is 3.71. The maximum atomic E-state index is 9.37. The predicted molar refractivity (Wildman–Crippen MR) is 65.1 cm³/mol. The first-order valence-electron chi connectivity index (χ1n) is 6.41. The Balaban J connectivity index is 2.48. The number of rotatable bonds is 5. The number of methoxy groups -OCH3 is 1. The Kier molecular flexibility index (Phi) is 5.79. The largest absolute Gasteiger partial charge is 0.383 e. The molecule has 0 aromatic carbocycles. The van der Waals surface area contributed by atoms with E-state index in [0.29, 0.717) is 6.61 Å². The van der Waals surface area contributed by atoms with Gasteiger partial charge in [-0.3, -0.25) is 5.32 Å². The Morgan fingerprint density at radius 1 is 1.44 bits per heavy atom. The topological polar surface area (TPSA) is 45.0 Å². The maximum absolute atomic E-state index is 9.37. The molecule has 0 aliphatic heterocycles. The summed E-state index contributed by atoms with van der Waals surface area (Å²) >= 11 is 0. The first-order chi connectivity index (χ1) is 7.76. The number of nitrogens with one attached hydrogen (secondary N) is 1. The van der Waals surface area contributed by atoms with Crippen molar-refractivity contribution in [3.63, 3.8) is 0 Å². The molecule has 0 amide bonds. The van der Waals surface area contributed by atoms with E-state index in [1.54, 1.807) is 7.11 Å². The Bertz CT molecular complexity index is 237. The fourth-order valence-electron chi connectivity index (χ4n) is 2.54. The molecule has 0 heterocycles. The molecule has 0 aromatic heterocycles. The van der Waals surface area contributed by atoms with Crippen molar-refractivity contribution in [2.75, 3.05) is 20.3 Å². The van der Waals surface area contributed by atoms with Gasteiger partial charge in [0.25, 0.3) is 0 Å². The van der Waals surface area contributed by atoms with Crippen LogP contribution >= 0.6 is 0 Å². The zero-order chi connectivity index (χ0) is 11.9. The number of nitriles is 1. The minimum Gasteiger partial charge on any atom is -0.383 e. The number of ether oxygens (including phenoxy) is 1. The molecule has 3 nitrogen and oxygen atoms in total. The second-order valence-corrected chi connectivity index (χ2v) is 4.82. The minimum atomic E-state index is -0.289. The average Bonchev–Trinajstić information content (AvgIpc) is 2.52. The van der Waals surface area contributed by atoms with Crippen molar-refractivity contribution in [2.45, 2.75) is 51.0 Å². The van der Waals surface area contributed by atoms with Gasteiger partial charge in [-0.05, 0) is 25.2 Å². The molecule has 0 aromatic rings. The summed E-state index contributed by atoms with van der Waals surface area (Å²) in [7, 11) is 1.70. The molecular formula is C13H24N2O. The molecule has 0 spiro atoms. The van der Waals surface area contributed by atoms with Crippen LogP contribution in [0.5, 0.6) is 0 Å². The van der Waals surface area contributed by atoms with Crippen molar-refractivity contribution in [1.82, 2.24) is 5.32 Å². The zero-order valence-electron chi connectivity index (χ0n) is 10.6. The third-order valence-electron chi connectivity index (χ3n) is 3.76. The van der Waals surface area contributed by atoms with Gasteiger partial charge in [0.15, 0.2) is 0 Å². The number of nitrogens with zero attached hydrogens (tertiary/aromatic N) is 1. The molecule has 1 saturated carbocycles. The zero-order valence-corrected chi connectivity index (χ0v) is 10.6. The highest BCUT2D eigenvalue weighted by atomic mass is 16.5. The molecule has 1 aliphatic rings. The Morgan fingerprint density at radius 2 is 2.25 bits per heavy atom. The first-order valence-corrected chi connectivity index (χ1v) is 6.41. The van der Waals surface area contributed by atoms with Crippen LogP contribution in [0.2, 0.25) is 0 Å². The van der Waals surface area contributed by atoms with Crippen LogP contribution in [0.1, 0.15) is 45.4 Å². The predicted octanol–water partition coefficient (Wildman–Crippen LogP) is 2.48. The lowest BCUT2D eigenvalue weighted by atomic mass is 9.91. The van der Waals surface area contributed by atoms with E-state index in [2.05, 4.69) is 18.3 Å². The van der Waals surface area contributed by atoms with Crippen molar-refractivity contribution >= 4 is 0 Å². The average molecular weight is 224 g/mol. The Hall–Kier alpha value is -0.590. The van der Waals surface area contributed by atoms with Crippen molar-refractivity contribution in [3.8, 4) is 6.07 Å². The van der Waals surface area contributed by atoms with E-state index in [4.69, 9.17) is 4.74 Å². The smallest absolute Gasteiger partial charge is 0.106 e. The van der Waals surface area contributed by atoms with Gasteiger partial charge in [0.2, 0.25) is 0 Å². The second-order valence-electron chi connectivity index (χ2n) is 4.82. The lowest BCUT2D eigenvalue weighted by molar-refractivity contribution is 0.188. The van der Waals surface area contributed by atoms with Crippen molar-refractivity contribution in [1.29, 1.82) is 5.26 Å². The molecule has 0 radical (unpaired) electrons. The molecule has 2 atom stereocenters. The van der Waals surface area contributed by atoms with Gasteiger partial charge in [0, 0.05) is 13.7 Å². The summed E-state index contributed by atoms with van der Waals surface area (Å²) in [5.41, 5.74) is -0.289. The van der Waals surface area contributed by atoms with Crippen LogP contribution in [-0.2, 0) is 4.74 Å². The monoisotopic (exact) mass is 224 g/mol. The van der Waals surface area contributed by atoms with Gasteiger partial charge in [-0.15, -0.1) is 0 Å². The minimum absolute atomic E-state index is 0.289. The fourth-order valence-corrected chi connectivity index (χ4v) is 2.54. The van der Waals surface area contributed by atoms with Crippen LogP contribution in [0.25, 0.3) is 0 Å². The molecule has 0 bridgehead atoms. The van der Waals surface area contributed by atoms with Gasteiger partial charge >= 0.3 is 0 Å². The third-order valence-corrected chi connectivity index (χ3v) is 3.76. The van der Waals surface area contributed by atoms with E-state index in [1.165, 1.54) is 25.7 Å². The van der Waals surface area contributed by atoms with E-state index in [0.717, 1.165) is 25.3 Å². The molecule has 92 valence electrons. The Labute approximate surface area is 99.2 Å².